The van der Waals surface area contributed by atoms with Crippen LogP contribution in [0.4, 0.5) is 5.69 Å². The molecule has 0 radical (unpaired) electrons. The van der Waals surface area contributed by atoms with Crippen LogP contribution in [0.1, 0.15) is 24.3 Å². The van der Waals surface area contributed by atoms with Gasteiger partial charge in [-0.15, -0.1) is 0 Å². The topological polar surface area (TPSA) is 36.4 Å². The minimum atomic E-state index is -0.553. The van der Waals surface area contributed by atoms with Gasteiger partial charge >= 0.3 is 0 Å². The number of aliphatic hydroxyl groups is 1. The molecule has 0 fully saturated rings. The zero-order valence-electron chi connectivity index (χ0n) is 11.0. The standard InChI is InChI=1S/C15H17ClN2O/c1-11(19)14-7-6-13(9-15(14)16)18(2)10-12-5-3-4-8-17-12/h3-9,11,19H,10H2,1-2H3. The van der Waals surface area contributed by atoms with Gasteiger partial charge in [-0.05, 0) is 36.8 Å². The van der Waals surface area contributed by atoms with Crippen molar-refractivity contribution in [3.63, 3.8) is 0 Å². The number of anilines is 1. The molecule has 1 aromatic carbocycles. The first-order valence-corrected chi connectivity index (χ1v) is 6.54. The molecule has 1 heterocycles. The lowest BCUT2D eigenvalue weighted by Gasteiger charge is -2.20. The van der Waals surface area contributed by atoms with Crippen molar-refractivity contribution < 1.29 is 5.11 Å². The smallest absolute Gasteiger partial charge is 0.0776 e. The monoisotopic (exact) mass is 276 g/mol. The quantitative estimate of drug-likeness (QED) is 0.929. The van der Waals surface area contributed by atoms with E-state index in [2.05, 4.69) is 9.88 Å². The Bertz CT molecular complexity index is 543. The van der Waals surface area contributed by atoms with Crippen LogP contribution in [0.3, 0.4) is 0 Å². The molecular weight excluding hydrogens is 260 g/mol. The molecule has 0 saturated heterocycles. The van der Waals surface area contributed by atoms with Gasteiger partial charge in [0.15, 0.2) is 0 Å². The highest BCUT2D eigenvalue weighted by Gasteiger charge is 2.09. The maximum absolute atomic E-state index is 9.56. The van der Waals surface area contributed by atoms with Crippen LogP contribution in [-0.4, -0.2) is 17.1 Å². The summed E-state index contributed by atoms with van der Waals surface area (Å²) < 4.78 is 0. The van der Waals surface area contributed by atoms with Gasteiger partial charge in [-0.3, -0.25) is 4.98 Å². The van der Waals surface area contributed by atoms with Crippen molar-refractivity contribution in [2.45, 2.75) is 19.6 Å². The largest absolute Gasteiger partial charge is 0.389 e. The fourth-order valence-electron chi connectivity index (χ4n) is 1.92. The molecule has 0 aliphatic carbocycles. The number of benzene rings is 1. The molecule has 0 aliphatic rings. The number of aromatic nitrogens is 1. The van der Waals surface area contributed by atoms with Gasteiger partial charge in [0.2, 0.25) is 0 Å². The number of halogens is 1. The summed E-state index contributed by atoms with van der Waals surface area (Å²) in [6.07, 6.45) is 1.23. The van der Waals surface area contributed by atoms with Crippen molar-refractivity contribution in [1.82, 2.24) is 4.98 Å². The highest BCUT2D eigenvalue weighted by molar-refractivity contribution is 6.31. The maximum Gasteiger partial charge on any atom is 0.0776 e. The molecule has 100 valence electrons. The molecular formula is C15H17ClN2O. The lowest BCUT2D eigenvalue weighted by atomic mass is 10.1. The Hall–Kier alpha value is -1.58. The van der Waals surface area contributed by atoms with Gasteiger partial charge < -0.3 is 10.0 Å². The highest BCUT2D eigenvalue weighted by atomic mass is 35.5. The minimum absolute atomic E-state index is 0.553. The lowest BCUT2D eigenvalue weighted by molar-refractivity contribution is 0.199. The Kier molecular flexibility index (Phi) is 4.40. The molecule has 1 aromatic heterocycles. The van der Waals surface area contributed by atoms with Gasteiger partial charge in [0, 0.05) is 24.0 Å². The van der Waals surface area contributed by atoms with E-state index >= 15 is 0 Å². The number of pyridine rings is 1. The zero-order chi connectivity index (χ0) is 13.8. The molecule has 4 heteroatoms. The van der Waals surface area contributed by atoms with Gasteiger partial charge in [0.25, 0.3) is 0 Å². The third kappa shape index (κ3) is 3.46. The van der Waals surface area contributed by atoms with Crippen molar-refractivity contribution in [3.05, 3.63) is 58.9 Å². The van der Waals surface area contributed by atoms with Gasteiger partial charge in [-0.2, -0.15) is 0 Å². The van der Waals surface area contributed by atoms with E-state index in [1.54, 1.807) is 13.1 Å². The molecule has 0 amide bonds. The van der Waals surface area contributed by atoms with Gasteiger partial charge in [0.05, 0.1) is 18.3 Å². The van der Waals surface area contributed by atoms with E-state index in [9.17, 15) is 5.11 Å². The maximum atomic E-state index is 9.56. The predicted octanol–water partition coefficient (Wildman–Crippen LogP) is 3.42. The van der Waals surface area contributed by atoms with Crippen LogP contribution < -0.4 is 4.90 Å². The second-order valence-corrected chi connectivity index (χ2v) is 4.97. The fraction of sp³-hybridized carbons (Fsp3) is 0.267. The number of aliphatic hydroxyl groups excluding tert-OH is 1. The molecule has 2 aromatic rings. The Balaban J connectivity index is 2.16. The highest BCUT2D eigenvalue weighted by Crippen LogP contribution is 2.27. The first-order chi connectivity index (χ1) is 9.08. The van der Waals surface area contributed by atoms with Crippen LogP contribution in [0.5, 0.6) is 0 Å². The van der Waals surface area contributed by atoms with Crippen LogP contribution in [0.25, 0.3) is 0 Å². The first-order valence-electron chi connectivity index (χ1n) is 6.16. The van der Waals surface area contributed by atoms with Gasteiger partial charge in [-0.25, -0.2) is 0 Å². The summed E-state index contributed by atoms with van der Waals surface area (Å²) in [5.41, 5.74) is 2.75. The SMILES string of the molecule is CC(O)c1ccc(N(C)Cc2ccccn2)cc1Cl. The second-order valence-electron chi connectivity index (χ2n) is 4.56. The van der Waals surface area contributed by atoms with E-state index in [0.29, 0.717) is 11.6 Å². The summed E-state index contributed by atoms with van der Waals surface area (Å²) in [7, 11) is 1.99. The summed E-state index contributed by atoms with van der Waals surface area (Å²) in [5, 5.41) is 10.1. The van der Waals surface area contributed by atoms with Crippen LogP contribution in [0.2, 0.25) is 5.02 Å². The van der Waals surface area contributed by atoms with E-state index in [0.717, 1.165) is 16.9 Å². The summed E-state index contributed by atoms with van der Waals surface area (Å²) in [6, 6.07) is 11.5. The van der Waals surface area contributed by atoms with Crippen LogP contribution in [0.15, 0.2) is 42.6 Å². The average Bonchev–Trinajstić information content (AvgIpc) is 2.39. The predicted molar refractivity (Wildman–Crippen MR) is 78.4 cm³/mol. The lowest BCUT2D eigenvalue weighted by Crippen LogP contribution is -2.17. The second kappa shape index (κ2) is 6.04. The molecule has 0 saturated carbocycles. The van der Waals surface area contributed by atoms with Crippen molar-refractivity contribution in [1.29, 1.82) is 0 Å². The Morgan fingerprint density at radius 2 is 2.11 bits per heavy atom. The molecule has 1 unspecified atom stereocenters. The van der Waals surface area contributed by atoms with Crippen molar-refractivity contribution >= 4 is 17.3 Å². The Morgan fingerprint density at radius 1 is 1.32 bits per heavy atom. The molecule has 1 N–H and O–H groups in total. The third-order valence-electron chi connectivity index (χ3n) is 3.00. The van der Waals surface area contributed by atoms with E-state index in [4.69, 9.17) is 11.6 Å². The van der Waals surface area contributed by atoms with Crippen molar-refractivity contribution in [2.75, 3.05) is 11.9 Å². The van der Waals surface area contributed by atoms with Crippen LogP contribution >= 0.6 is 11.6 Å². The van der Waals surface area contributed by atoms with Gasteiger partial charge in [-0.1, -0.05) is 23.7 Å². The number of nitrogens with zero attached hydrogens (tertiary/aromatic N) is 2. The van der Waals surface area contributed by atoms with Crippen molar-refractivity contribution in [2.24, 2.45) is 0 Å². The van der Waals surface area contributed by atoms with Gasteiger partial charge in [0.1, 0.15) is 0 Å². The van der Waals surface area contributed by atoms with E-state index in [-0.39, 0.29) is 0 Å². The normalized spacial score (nSPS) is 12.2. The van der Waals surface area contributed by atoms with E-state index in [1.807, 2.05) is 43.4 Å². The average molecular weight is 277 g/mol. The molecule has 0 spiro atoms. The van der Waals surface area contributed by atoms with Crippen LogP contribution in [0, 0.1) is 0 Å². The van der Waals surface area contributed by atoms with Crippen molar-refractivity contribution in [3.8, 4) is 0 Å². The molecule has 2 rings (SSSR count). The summed E-state index contributed by atoms with van der Waals surface area (Å²) in [5.74, 6) is 0. The molecule has 0 bridgehead atoms. The molecule has 19 heavy (non-hydrogen) atoms. The number of rotatable bonds is 4. The number of hydrogen-bond donors (Lipinski definition) is 1. The zero-order valence-corrected chi connectivity index (χ0v) is 11.8. The molecule has 1 atom stereocenters. The molecule has 0 aliphatic heterocycles. The Labute approximate surface area is 118 Å². The van der Waals surface area contributed by atoms with E-state index in [1.165, 1.54) is 0 Å². The number of hydrogen-bond acceptors (Lipinski definition) is 3. The summed E-state index contributed by atoms with van der Waals surface area (Å²) in [6.45, 7) is 2.42. The van der Waals surface area contributed by atoms with E-state index < -0.39 is 6.10 Å². The minimum Gasteiger partial charge on any atom is -0.389 e. The molecule has 3 nitrogen and oxygen atoms in total. The fourth-order valence-corrected chi connectivity index (χ4v) is 2.25. The first kappa shape index (κ1) is 13.8. The Morgan fingerprint density at radius 3 is 2.68 bits per heavy atom. The van der Waals surface area contributed by atoms with Crippen LogP contribution in [-0.2, 0) is 6.54 Å². The third-order valence-corrected chi connectivity index (χ3v) is 3.33. The summed E-state index contributed by atoms with van der Waals surface area (Å²) >= 11 is 6.17. The summed E-state index contributed by atoms with van der Waals surface area (Å²) in [4.78, 5) is 6.37.